The van der Waals surface area contributed by atoms with E-state index >= 15 is 0 Å². The molecule has 0 amide bonds. The van der Waals surface area contributed by atoms with Gasteiger partial charge in [0.1, 0.15) is 17.4 Å². The van der Waals surface area contributed by atoms with Gasteiger partial charge in [-0.3, -0.25) is 0 Å². The molecule has 0 atom stereocenters. The number of phenolic OH excluding ortho intramolecular Hbond substituents is 2. The number of nitrogens with zero attached hydrogens (tertiary/aromatic N) is 2. The van der Waals surface area contributed by atoms with Crippen LogP contribution in [-0.2, 0) is 6.54 Å². The summed E-state index contributed by atoms with van der Waals surface area (Å²) in [7, 11) is 0. The van der Waals surface area contributed by atoms with Gasteiger partial charge in [-0.2, -0.15) is 0 Å². The van der Waals surface area contributed by atoms with Crippen molar-refractivity contribution in [3.63, 3.8) is 0 Å². The number of benzene rings is 3. The third-order valence-corrected chi connectivity index (χ3v) is 4.84. The van der Waals surface area contributed by atoms with E-state index in [1.807, 2.05) is 48.5 Å². The van der Waals surface area contributed by atoms with Crippen LogP contribution in [0, 0.1) is 0 Å². The predicted molar refractivity (Wildman–Crippen MR) is 116 cm³/mol. The second-order valence-corrected chi connectivity index (χ2v) is 6.88. The Labute approximate surface area is 171 Å². The highest BCUT2D eigenvalue weighted by Crippen LogP contribution is 2.32. The molecule has 7 heteroatoms. The summed E-state index contributed by atoms with van der Waals surface area (Å²) in [5.74, 6) is 0.351. The summed E-state index contributed by atoms with van der Waals surface area (Å²) in [6.07, 6.45) is 1.52. The first-order valence-electron chi connectivity index (χ1n) is 9.41. The zero-order valence-corrected chi connectivity index (χ0v) is 15.8. The molecule has 2 heterocycles. The number of para-hydroxylation sites is 1. The Hall–Kier alpha value is -4.26. The molecule has 0 fully saturated rings. The molecule has 0 saturated carbocycles. The van der Waals surface area contributed by atoms with E-state index in [0.29, 0.717) is 17.9 Å². The first-order valence-corrected chi connectivity index (χ1v) is 9.41. The van der Waals surface area contributed by atoms with Crippen molar-refractivity contribution in [3.8, 4) is 11.5 Å². The van der Waals surface area contributed by atoms with Crippen molar-refractivity contribution < 1.29 is 14.6 Å². The van der Waals surface area contributed by atoms with E-state index in [1.54, 1.807) is 6.07 Å². The third kappa shape index (κ3) is 3.33. The van der Waals surface area contributed by atoms with E-state index in [1.165, 1.54) is 18.5 Å². The highest BCUT2D eigenvalue weighted by atomic mass is 16.3. The second-order valence-electron chi connectivity index (χ2n) is 6.88. The molecular formula is C23H18N4O3. The van der Waals surface area contributed by atoms with Gasteiger partial charge in [-0.25, -0.2) is 9.97 Å². The van der Waals surface area contributed by atoms with Crippen LogP contribution in [0.5, 0.6) is 11.5 Å². The zero-order chi connectivity index (χ0) is 20.5. The average Bonchev–Trinajstić information content (AvgIpc) is 3.15. The number of anilines is 3. The van der Waals surface area contributed by atoms with Crippen LogP contribution in [0.15, 0.2) is 77.5 Å². The van der Waals surface area contributed by atoms with Crippen molar-refractivity contribution in [3.05, 3.63) is 78.6 Å². The minimum Gasteiger partial charge on any atom is -0.504 e. The fraction of sp³-hybridized carbons (Fsp3) is 0.0435. The monoisotopic (exact) mass is 398 g/mol. The molecule has 0 aliphatic rings. The lowest BCUT2D eigenvalue weighted by Gasteiger charge is -2.09. The lowest BCUT2D eigenvalue weighted by Crippen LogP contribution is -1.99. The molecule has 5 aromatic rings. The van der Waals surface area contributed by atoms with Crippen LogP contribution in [0.3, 0.4) is 0 Å². The van der Waals surface area contributed by atoms with Gasteiger partial charge in [-0.1, -0.05) is 18.2 Å². The fourth-order valence-corrected chi connectivity index (χ4v) is 3.30. The van der Waals surface area contributed by atoms with Gasteiger partial charge in [0.2, 0.25) is 0 Å². The largest absolute Gasteiger partial charge is 0.504 e. The Balaban J connectivity index is 1.33. The number of furan rings is 1. The molecule has 7 nitrogen and oxygen atoms in total. The predicted octanol–water partition coefficient (Wildman–Crippen LogP) is 5.14. The third-order valence-electron chi connectivity index (χ3n) is 4.84. The zero-order valence-electron chi connectivity index (χ0n) is 15.8. The molecule has 0 saturated heterocycles. The Morgan fingerprint density at radius 2 is 1.63 bits per heavy atom. The van der Waals surface area contributed by atoms with E-state index < -0.39 is 0 Å². The van der Waals surface area contributed by atoms with E-state index in [4.69, 9.17) is 4.42 Å². The highest BCUT2D eigenvalue weighted by Gasteiger charge is 2.12. The van der Waals surface area contributed by atoms with Crippen LogP contribution in [-0.4, -0.2) is 20.2 Å². The van der Waals surface area contributed by atoms with Crippen LogP contribution >= 0.6 is 0 Å². The van der Waals surface area contributed by atoms with Crippen molar-refractivity contribution in [1.29, 1.82) is 0 Å². The summed E-state index contributed by atoms with van der Waals surface area (Å²) < 4.78 is 5.95. The summed E-state index contributed by atoms with van der Waals surface area (Å²) in [5, 5.41) is 26.5. The lowest BCUT2D eigenvalue weighted by atomic mass is 10.2. The number of aromatic nitrogens is 2. The van der Waals surface area contributed by atoms with Gasteiger partial charge in [0, 0.05) is 23.3 Å². The quantitative estimate of drug-likeness (QED) is 0.304. The minimum absolute atomic E-state index is 0.127. The second kappa shape index (κ2) is 7.29. The number of nitrogens with one attached hydrogen (secondary N) is 2. The van der Waals surface area contributed by atoms with Crippen LogP contribution in [0.1, 0.15) is 5.56 Å². The van der Waals surface area contributed by atoms with E-state index in [9.17, 15) is 10.2 Å². The van der Waals surface area contributed by atoms with E-state index in [2.05, 4.69) is 20.6 Å². The number of phenols is 2. The fourth-order valence-electron chi connectivity index (χ4n) is 3.30. The maximum absolute atomic E-state index is 9.59. The number of hydrogen-bond donors (Lipinski definition) is 4. The summed E-state index contributed by atoms with van der Waals surface area (Å²) in [6.45, 7) is 0.520. The molecule has 5 rings (SSSR count). The number of rotatable bonds is 5. The first-order chi connectivity index (χ1) is 14.7. The van der Waals surface area contributed by atoms with Gasteiger partial charge < -0.3 is 25.3 Å². The molecule has 3 aromatic carbocycles. The van der Waals surface area contributed by atoms with Gasteiger partial charge in [-0.05, 0) is 54.1 Å². The normalized spacial score (nSPS) is 11.1. The number of aromatic hydroxyl groups is 2. The van der Waals surface area contributed by atoms with Gasteiger partial charge in [0.15, 0.2) is 22.9 Å². The van der Waals surface area contributed by atoms with Crippen molar-refractivity contribution >= 4 is 39.3 Å². The molecule has 0 bridgehead atoms. The average molecular weight is 398 g/mol. The number of hydrogen-bond acceptors (Lipinski definition) is 7. The van der Waals surface area contributed by atoms with Crippen LogP contribution in [0.2, 0.25) is 0 Å². The van der Waals surface area contributed by atoms with E-state index in [-0.39, 0.29) is 11.5 Å². The lowest BCUT2D eigenvalue weighted by molar-refractivity contribution is 0.403. The molecule has 0 unspecified atom stereocenters. The van der Waals surface area contributed by atoms with Gasteiger partial charge in [-0.15, -0.1) is 0 Å². The molecule has 0 aliphatic carbocycles. The molecule has 0 spiro atoms. The Morgan fingerprint density at radius 3 is 2.47 bits per heavy atom. The van der Waals surface area contributed by atoms with Gasteiger partial charge in [0.05, 0.1) is 0 Å². The number of fused-ring (bicyclic) bond motifs is 3. The topological polar surface area (TPSA) is 103 Å². The Kier molecular flexibility index (Phi) is 4.33. The Bertz CT molecular complexity index is 1350. The smallest absolute Gasteiger partial charge is 0.196 e. The van der Waals surface area contributed by atoms with Crippen molar-refractivity contribution in [2.24, 2.45) is 0 Å². The van der Waals surface area contributed by atoms with Crippen molar-refractivity contribution in [2.45, 2.75) is 6.54 Å². The van der Waals surface area contributed by atoms with E-state index in [0.717, 1.165) is 33.4 Å². The van der Waals surface area contributed by atoms with Crippen molar-refractivity contribution in [2.75, 3.05) is 10.6 Å². The summed E-state index contributed by atoms with van der Waals surface area (Å²) >= 11 is 0. The van der Waals surface area contributed by atoms with Crippen LogP contribution in [0.25, 0.3) is 22.1 Å². The molecule has 30 heavy (non-hydrogen) atoms. The molecule has 148 valence electrons. The van der Waals surface area contributed by atoms with Gasteiger partial charge in [0.25, 0.3) is 0 Å². The maximum Gasteiger partial charge on any atom is 0.196 e. The molecule has 4 N–H and O–H groups in total. The maximum atomic E-state index is 9.59. The minimum atomic E-state index is -0.129. The molecule has 2 aromatic heterocycles. The van der Waals surface area contributed by atoms with Crippen molar-refractivity contribution in [1.82, 2.24) is 9.97 Å². The summed E-state index contributed by atoms with van der Waals surface area (Å²) in [5.41, 5.74) is 4.82. The Morgan fingerprint density at radius 1 is 0.833 bits per heavy atom. The molecular weight excluding hydrogens is 380 g/mol. The standard InChI is InChI=1S/C23H18N4O3/c28-18-10-5-14(11-19(18)29)12-24-15-6-8-16(9-7-15)27-23-22-21(25-13-26-23)17-3-1-2-4-20(17)30-22/h1-11,13,24,28-29H,12H2,(H,25,26,27). The summed E-state index contributed by atoms with van der Waals surface area (Å²) in [6, 6.07) is 20.3. The van der Waals surface area contributed by atoms with Gasteiger partial charge >= 0.3 is 0 Å². The highest BCUT2D eigenvalue weighted by molar-refractivity contribution is 6.05. The van der Waals surface area contributed by atoms with Crippen LogP contribution in [0.4, 0.5) is 17.2 Å². The molecule has 0 radical (unpaired) electrons. The molecule has 0 aliphatic heterocycles. The van der Waals surface area contributed by atoms with Crippen LogP contribution < -0.4 is 10.6 Å². The first kappa shape index (κ1) is 17.8. The SMILES string of the molecule is Oc1ccc(CNc2ccc(Nc3ncnc4c3oc3ccccc34)cc2)cc1O. The summed E-state index contributed by atoms with van der Waals surface area (Å²) in [4.78, 5) is 8.70.